The van der Waals surface area contributed by atoms with Crippen LogP contribution < -0.4 is 5.73 Å². The van der Waals surface area contributed by atoms with Crippen LogP contribution in [-0.2, 0) is 6.54 Å². The Kier molecular flexibility index (Phi) is 4.56. The molecule has 0 aromatic heterocycles. The molecule has 1 unspecified atom stereocenters. The second kappa shape index (κ2) is 6.17. The van der Waals surface area contributed by atoms with E-state index in [0.717, 1.165) is 37.2 Å². The molecule has 1 aliphatic heterocycles. The highest BCUT2D eigenvalue weighted by Gasteiger charge is 2.24. The van der Waals surface area contributed by atoms with Crippen LogP contribution in [0.2, 0.25) is 0 Å². The first-order valence-corrected chi connectivity index (χ1v) is 6.90. The van der Waals surface area contributed by atoms with E-state index in [4.69, 9.17) is 5.73 Å². The summed E-state index contributed by atoms with van der Waals surface area (Å²) in [4.78, 5) is 16.9. The van der Waals surface area contributed by atoms with E-state index in [9.17, 15) is 4.79 Å². The highest BCUT2D eigenvalue weighted by molar-refractivity contribution is 5.94. The fourth-order valence-electron chi connectivity index (χ4n) is 2.67. The van der Waals surface area contributed by atoms with Gasteiger partial charge in [0.1, 0.15) is 0 Å². The van der Waals surface area contributed by atoms with Crippen LogP contribution in [0.1, 0.15) is 29.3 Å². The monoisotopic (exact) mass is 261 g/mol. The zero-order chi connectivity index (χ0) is 13.8. The Morgan fingerprint density at radius 3 is 2.95 bits per heavy atom. The molecule has 104 valence electrons. The lowest BCUT2D eigenvalue weighted by molar-refractivity contribution is 0.0696. The van der Waals surface area contributed by atoms with Crippen LogP contribution in [-0.4, -0.2) is 48.4 Å². The molecule has 0 radical (unpaired) electrons. The molecule has 1 aromatic rings. The van der Waals surface area contributed by atoms with Gasteiger partial charge in [-0.05, 0) is 44.6 Å². The fraction of sp³-hybridized carbons (Fsp3) is 0.533. The van der Waals surface area contributed by atoms with Crippen LogP contribution >= 0.6 is 0 Å². The number of carbonyl (C=O) groups is 1. The highest BCUT2D eigenvalue weighted by Crippen LogP contribution is 2.14. The number of carbonyl (C=O) groups excluding carboxylic acids is 1. The molecule has 2 N–H and O–H groups in total. The third-order valence-corrected chi connectivity index (χ3v) is 3.72. The molecule has 1 atom stereocenters. The zero-order valence-corrected chi connectivity index (χ0v) is 11.8. The lowest BCUT2D eigenvalue weighted by atomic mass is 10.1. The molecule has 0 bridgehead atoms. The Morgan fingerprint density at radius 1 is 1.42 bits per heavy atom. The molecule has 2 rings (SSSR count). The van der Waals surface area contributed by atoms with E-state index < -0.39 is 0 Å². The van der Waals surface area contributed by atoms with Crippen molar-refractivity contribution in [3.05, 3.63) is 35.4 Å². The van der Waals surface area contributed by atoms with E-state index in [1.807, 2.05) is 29.2 Å². The summed E-state index contributed by atoms with van der Waals surface area (Å²) >= 11 is 0. The average Bonchev–Trinajstić information content (AvgIpc) is 2.58. The Hall–Kier alpha value is -1.39. The number of nitrogens with zero attached hydrogens (tertiary/aromatic N) is 2. The summed E-state index contributed by atoms with van der Waals surface area (Å²) in [6.45, 7) is 5.41. The number of hydrogen-bond donors (Lipinski definition) is 1. The highest BCUT2D eigenvalue weighted by atomic mass is 16.2. The second-order valence-electron chi connectivity index (χ2n) is 5.37. The van der Waals surface area contributed by atoms with Crippen molar-refractivity contribution in [2.75, 3.05) is 26.7 Å². The summed E-state index contributed by atoms with van der Waals surface area (Å²) in [5, 5.41) is 0. The predicted molar refractivity (Wildman–Crippen MR) is 76.9 cm³/mol. The van der Waals surface area contributed by atoms with E-state index in [1.165, 1.54) is 0 Å². The SMILES string of the molecule is CC1CN(C)CCCN1C(=O)c1cccc(CN)c1. The van der Waals surface area contributed by atoms with Gasteiger partial charge in [0.2, 0.25) is 0 Å². The van der Waals surface area contributed by atoms with Crippen LogP contribution in [0.25, 0.3) is 0 Å². The Labute approximate surface area is 115 Å². The average molecular weight is 261 g/mol. The number of rotatable bonds is 2. The van der Waals surface area contributed by atoms with Crippen molar-refractivity contribution in [3.8, 4) is 0 Å². The summed E-state index contributed by atoms with van der Waals surface area (Å²) < 4.78 is 0. The minimum atomic E-state index is 0.123. The molecule has 4 heteroatoms. The molecule has 1 amide bonds. The predicted octanol–water partition coefficient (Wildman–Crippen LogP) is 1.31. The van der Waals surface area contributed by atoms with E-state index in [-0.39, 0.29) is 11.9 Å². The molecule has 1 aliphatic rings. The molecule has 0 aliphatic carbocycles. The Balaban J connectivity index is 2.17. The molecule has 1 fully saturated rings. The van der Waals surface area contributed by atoms with E-state index in [2.05, 4.69) is 18.9 Å². The van der Waals surface area contributed by atoms with Crippen molar-refractivity contribution in [1.82, 2.24) is 9.80 Å². The largest absolute Gasteiger partial charge is 0.335 e. The number of amides is 1. The lowest BCUT2D eigenvalue weighted by Gasteiger charge is -2.28. The summed E-state index contributed by atoms with van der Waals surface area (Å²) in [5.74, 6) is 0.123. The summed E-state index contributed by atoms with van der Waals surface area (Å²) in [6, 6.07) is 7.90. The van der Waals surface area contributed by atoms with Gasteiger partial charge < -0.3 is 15.5 Å². The lowest BCUT2D eigenvalue weighted by Crippen LogP contribution is -2.42. The van der Waals surface area contributed by atoms with Gasteiger partial charge in [0.25, 0.3) is 5.91 Å². The molecular formula is C15H23N3O. The van der Waals surface area contributed by atoms with Gasteiger partial charge in [-0.2, -0.15) is 0 Å². The van der Waals surface area contributed by atoms with E-state index in [0.29, 0.717) is 6.54 Å². The quantitative estimate of drug-likeness (QED) is 0.873. The maximum Gasteiger partial charge on any atom is 0.254 e. The van der Waals surface area contributed by atoms with Crippen molar-refractivity contribution in [3.63, 3.8) is 0 Å². The summed E-state index contributed by atoms with van der Waals surface area (Å²) in [7, 11) is 2.11. The molecule has 19 heavy (non-hydrogen) atoms. The van der Waals surface area contributed by atoms with Crippen LogP contribution in [0.3, 0.4) is 0 Å². The van der Waals surface area contributed by atoms with Crippen LogP contribution in [0.15, 0.2) is 24.3 Å². The number of benzene rings is 1. The smallest absolute Gasteiger partial charge is 0.254 e. The normalized spacial score (nSPS) is 21.2. The van der Waals surface area contributed by atoms with Crippen molar-refractivity contribution in [2.24, 2.45) is 5.73 Å². The van der Waals surface area contributed by atoms with Gasteiger partial charge >= 0.3 is 0 Å². The molecule has 1 aromatic carbocycles. The number of nitrogens with two attached hydrogens (primary N) is 1. The maximum absolute atomic E-state index is 12.6. The minimum Gasteiger partial charge on any atom is -0.335 e. The Morgan fingerprint density at radius 2 is 2.21 bits per heavy atom. The summed E-state index contributed by atoms with van der Waals surface area (Å²) in [6.07, 6.45) is 1.03. The Bertz CT molecular complexity index is 447. The number of likely N-dealkylation sites (N-methyl/N-ethyl adjacent to an activating group) is 1. The third-order valence-electron chi connectivity index (χ3n) is 3.72. The zero-order valence-electron chi connectivity index (χ0n) is 11.8. The van der Waals surface area contributed by atoms with Gasteiger partial charge in [-0.15, -0.1) is 0 Å². The number of hydrogen-bond acceptors (Lipinski definition) is 3. The molecule has 1 saturated heterocycles. The van der Waals surface area contributed by atoms with Crippen molar-refractivity contribution < 1.29 is 4.79 Å². The van der Waals surface area contributed by atoms with E-state index in [1.54, 1.807) is 0 Å². The molecule has 4 nitrogen and oxygen atoms in total. The minimum absolute atomic E-state index is 0.123. The van der Waals surface area contributed by atoms with Gasteiger partial charge in [-0.25, -0.2) is 0 Å². The van der Waals surface area contributed by atoms with Gasteiger partial charge in [0.05, 0.1) is 0 Å². The van der Waals surface area contributed by atoms with Crippen molar-refractivity contribution in [1.29, 1.82) is 0 Å². The first-order chi connectivity index (χ1) is 9.11. The summed E-state index contributed by atoms with van der Waals surface area (Å²) in [5.41, 5.74) is 7.39. The topological polar surface area (TPSA) is 49.6 Å². The fourth-order valence-corrected chi connectivity index (χ4v) is 2.67. The van der Waals surface area contributed by atoms with Gasteiger partial charge in [0.15, 0.2) is 0 Å². The molecule has 1 heterocycles. The molecular weight excluding hydrogens is 238 g/mol. The second-order valence-corrected chi connectivity index (χ2v) is 5.37. The molecule has 0 saturated carbocycles. The van der Waals surface area contributed by atoms with Crippen LogP contribution in [0, 0.1) is 0 Å². The maximum atomic E-state index is 12.6. The van der Waals surface area contributed by atoms with Gasteiger partial charge in [-0.1, -0.05) is 12.1 Å². The van der Waals surface area contributed by atoms with Crippen molar-refractivity contribution in [2.45, 2.75) is 25.9 Å². The van der Waals surface area contributed by atoms with Crippen LogP contribution in [0.5, 0.6) is 0 Å². The van der Waals surface area contributed by atoms with Gasteiger partial charge in [-0.3, -0.25) is 4.79 Å². The standard InChI is InChI=1S/C15H23N3O/c1-12-11-17(2)7-4-8-18(12)15(19)14-6-3-5-13(9-14)10-16/h3,5-6,9,12H,4,7-8,10-11,16H2,1-2H3. The van der Waals surface area contributed by atoms with E-state index >= 15 is 0 Å². The van der Waals surface area contributed by atoms with Crippen molar-refractivity contribution >= 4 is 5.91 Å². The first kappa shape index (κ1) is 14.0. The molecule has 0 spiro atoms. The van der Waals surface area contributed by atoms with Gasteiger partial charge in [0, 0.05) is 31.2 Å². The third kappa shape index (κ3) is 3.33. The first-order valence-electron chi connectivity index (χ1n) is 6.90. The van der Waals surface area contributed by atoms with Crippen LogP contribution in [0.4, 0.5) is 0 Å².